The molecule has 102 valence electrons. The number of aryl methyl sites for hydroxylation is 3. The van der Waals surface area contributed by atoms with E-state index in [1.807, 2.05) is 26.0 Å². The van der Waals surface area contributed by atoms with Crippen LogP contribution in [0.15, 0.2) is 16.5 Å². The SMILES string of the molecule is CCc1nnc(NC(C)c2ccc(C)o2)nc1CC. The fourth-order valence-corrected chi connectivity index (χ4v) is 1.95. The summed E-state index contributed by atoms with van der Waals surface area (Å²) in [4.78, 5) is 4.51. The highest BCUT2D eigenvalue weighted by Crippen LogP contribution is 2.19. The van der Waals surface area contributed by atoms with E-state index in [2.05, 4.69) is 34.3 Å². The van der Waals surface area contributed by atoms with E-state index in [0.717, 1.165) is 35.7 Å². The summed E-state index contributed by atoms with van der Waals surface area (Å²) in [6, 6.07) is 3.93. The third kappa shape index (κ3) is 3.10. The first kappa shape index (κ1) is 13.5. The number of hydrogen-bond acceptors (Lipinski definition) is 5. The van der Waals surface area contributed by atoms with E-state index in [9.17, 15) is 0 Å². The summed E-state index contributed by atoms with van der Waals surface area (Å²) in [5.74, 6) is 2.33. The standard InChI is InChI=1S/C14H20N4O/c1-5-11-12(6-2)17-18-14(16-11)15-10(4)13-8-7-9(3)19-13/h7-8,10H,5-6H2,1-4H3,(H,15,16,18). The van der Waals surface area contributed by atoms with Crippen molar-refractivity contribution in [3.63, 3.8) is 0 Å². The number of rotatable bonds is 5. The number of furan rings is 1. The van der Waals surface area contributed by atoms with Crippen LogP contribution in [0.25, 0.3) is 0 Å². The van der Waals surface area contributed by atoms with Crippen molar-refractivity contribution in [2.75, 3.05) is 5.32 Å². The molecule has 0 aromatic carbocycles. The highest BCUT2D eigenvalue weighted by molar-refractivity contribution is 5.29. The van der Waals surface area contributed by atoms with Crippen LogP contribution in [0.4, 0.5) is 5.95 Å². The van der Waals surface area contributed by atoms with Crippen LogP contribution in [0.1, 0.15) is 49.7 Å². The van der Waals surface area contributed by atoms with Crippen molar-refractivity contribution in [2.45, 2.75) is 46.6 Å². The minimum Gasteiger partial charge on any atom is -0.464 e. The van der Waals surface area contributed by atoms with Gasteiger partial charge in [-0.2, -0.15) is 5.10 Å². The first-order valence-electron chi connectivity index (χ1n) is 6.69. The molecule has 2 heterocycles. The lowest BCUT2D eigenvalue weighted by molar-refractivity contribution is 0.466. The third-order valence-electron chi connectivity index (χ3n) is 3.04. The van der Waals surface area contributed by atoms with Gasteiger partial charge in [0, 0.05) is 0 Å². The van der Waals surface area contributed by atoms with Gasteiger partial charge in [0.15, 0.2) is 0 Å². The predicted molar refractivity (Wildman–Crippen MR) is 74.1 cm³/mol. The van der Waals surface area contributed by atoms with Crippen molar-refractivity contribution < 1.29 is 4.42 Å². The van der Waals surface area contributed by atoms with Gasteiger partial charge in [-0.15, -0.1) is 5.10 Å². The van der Waals surface area contributed by atoms with E-state index in [1.165, 1.54) is 0 Å². The summed E-state index contributed by atoms with van der Waals surface area (Å²) < 4.78 is 5.58. The van der Waals surface area contributed by atoms with Crippen molar-refractivity contribution in [1.29, 1.82) is 0 Å². The molecule has 0 bridgehead atoms. The molecule has 0 aliphatic heterocycles. The van der Waals surface area contributed by atoms with Gasteiger partial charge in [0.1, 0.15) is 11.5 Å². The normalized spacial score (nSPS) is 12.4. The molecule has 0 aliphatic carbocycles. The lowest BCUT2D eigenvalue weighted by Gasteiger charge is -2.12. The van der Waals surface area contributed by atoms with Crippen LogP contribution >= 0.6 is 0 Å². The molecule has 0 amide bonds. The zero-order valence-electron chi connectivity index (χ0n) is 11.9. The van der Waals surface area contributed by atoms with Gasteiger partial charge in [0.25, 0.3) is 0 Å². The van der Waals surface area contributed by atoms with Gasteiger partial charge in [-0.25, -0.2) is 4.98 Å². The smallest absolute Gasteiger partial charge is 0.243 e. The second-order valence-corrected chi connectivity index (χ2v) is 4.55. The van der Waals surface area contributed by atoms with Gasteiger partial charge in [0.2, 0.25) is 5.95 Å². The second-order valence-electron chi connectivity index (χ2n) is 4.55. The van der Waals surface area contributed by atoms with Crippen LogP contribution in [0.2, 0.25) is 0 Å². The Bertz CT molecular complexity index is 550. The molecule has 5 heteroatoms. The highest BCUT2D eigenvalue weighted by Gasteiger charge is 2.12. The molecule has 1 atom stereocenters. The lowest BCUT2D eigenvalue weighted by atomic mass is 10.2. The van der Waals surface area contributed by atoms with Crippen LogP contribution in [-0.4, -0.2) is 15.2 Å². The molecule has 2 aromatic heterocycles. The van der Waals surface area contributed by atoms with Crippen LogP contribution in [0.3, 0.4) is 0 Å². The van der Waals surface area contributed by atoms with Gasteiger partial charge in [0.05, 0.1) is 17.4 Å². The van der Waals surface area contributed by atoms with Gasteiger partial charge < -0.3 is 9.73 Å². The molecule has 0 saturated carbocycles. The van der Waals surface area contributed by atoms with Gasteiger partial charge in [-0.3, -0.25) is 0 Å². The topological polar surface area (TPSA) is 63.8 Å². The van der Waals surface area contributed by atoms with E-state index in [4.69, 9.17) is 4.42 Å². The molecule has 5 nitrogen and oxygen atoms in total. The fraction of sp³-hybridized carbons (Fsp3) is 0.500. The molecule has 2 rings (SSSR count). The highest BCUT2D eigenvalue weighted by atomic mass is 16.3. The first-order chi connectivity index (χ1) is 9.13. The number of nitrogens with one attached hydrogen (secondary N) is 1. The Balaban J connectivity index is 2.14. The average molecular weight is 260 g/mol. The van der Waals surface area contributed by atoms with E-state index >= 15 is 0 Å². The average Bonchev–Trinajstić information content (AvgIpc) is 2.85. The van der Waals surface area contributed by atoms with Crippen molar-refractivity contribution in [2.24, 2.45) is 0 Å². The summed E-state index contributed by atoms with van der Waals surface area (Å²) in [5, 5.41) is 11.5. The van der Waals surface area contributed by atoms with E-state index in [1.54, 1.807) is 0 Å². The summed E-state index contributed by atoms with van der Waals surface area (Å²) in [5.41, 5.74) is 1.97. The maximum absolute atomic E-state index is 5.58. The Hall–Kier alpha value is -1.91. The minimum atomic E-state index is 0.0210. The summed E-state index contributed by atoms with van der Waals surface area (Å²) in [7, 11) is 0. The lowest BCUT2D eigenvalue weighted by Crippen LogP contribution is -2.12. The van der Waals surface area contributed by atoms with Crippen molar-refractivity contribution in [3.8, 4) is 0 Å². The van der Waals surface area contributed by atoms with Gasteiger partial charge in [-0.1, -0.05) is 13.8 Å². The Kier molecular flexibility index (Phi) is 4.14. The summed E-state index contributed by atoms with van der Waals surface area (Å²) in [6.45, 7) is 8.08. The Morgan fingerprint density at radius 1 is 1.16 bits per heavy atom. The fourth-order valence-electron chi connectivity index (χ4n) is 1.95. The number of anilines is 1. The zero-order valence-corrected chi connectivity index (χ0v) is 11.9. The summed E-state index contributed by atoms with van der Waals surface area (Å²) >= 11 is 0. The quantitative estimate of drug-likeness (QED) is 0.895. The first-order valence-corrected chi connectivity index (χ1v) is 6.69. The van der Waals surface area contributed by atoms with Crippen molar-refractivity contribution >= 4 is 5.95 Å². The minimum absolute atomic E-state index is 0.0210. The summed E-state index contributed by atoms with van der Waals surface area (Å²) in [6.07, 6.45) is 1.72. The molecule has 2 aromatic rings. The van der Waals surface area contributed by atoms with Gasteiger partial charge in [-0.05, 0) is 38.8 Å². The van der Waals surface area contributed by atoms with Crippen LogP contribution in [0.5, 0.6) is 0 Å². The maximum Gasteiger partial charge on any atom is 0.243 e. The Labute approximate surface area is 113 Å². The zero-order chi connectivity index (χ0) is 13.8. The second kappa shape index (κ2) is 5.82. The largest absolute Gasteiger partial charge is 0.464 e. The number of aromatic nitrogens is 3. The maximum atomic E-state index is 5.58. The van der Waals surface area contributed by atoms with E-state index in [0.29, 0.717) is 5.95 Å². The third-order valence-corrected chi connectivity index (χ3v) is 3.04. The number of nitrogens with zero attached hydrogens (tertiary/aromatic N) is 3. The molecule has 0 spiro atoms. The van der Waals surface area contributed by atoms with Crippen LogP contribution < -0.4 is 5.32 Å². The molecule has 0 saturated heterocycles. The van der Waals surface area contributed by atoms with Crippen LogP contribution in [0, 0.1) is 6.92 Å². The molecule has 19 heavy (non-hydrogen) atoms. The Morgan fingerprint density at radius 2 is 1.89 bits per heavy atom. The van der Waals surface area contributed by atoms with E-state index < -0.39 is 0 Å². The molecular weight excluding hydrogens is 240 g/mol. The molecule has 0 fully saturated rings. The molecule has 1 unspecified atom stereocenters. The Morgan fingerprint density at radius 3 is 2.47 bits per heavy atom. The molecule has 0 aliphatic rings. The monoisotopic (exact) mass is 260 g/mol. The van der Waals surface area contributed by atoms with Crippen molar-refractivity contribution in [1.82, 2.24) is 15.2 Å². The molecular formula is C14H20N4O. The van der Waals surface area contributed by atoms with Gasteiger partial charge >= 0.3 is 0 Å². The predicted octanol–water partition coefficient (Wildman–Crippen LogP) is 3.07. The number of hydrogen-bond donors (Lipinski definition) is 1. The molecule has 1 N–H and O–H groups in total. The molecule has 0 radical (unpaired) electrons. The van der Waals surface area contributed by atoms with Crippen LogP contribution in [-0.2, 0) is 12.8 Å². The van der Waals surface area contributed by atoms with Crippen molar-refractivity contribution in [3.05, 3.63) is 35.0 Å². The van der Waals surface area contributed by atoms with E-state index in [-0.39, 0.29) is 6.04 Å².